The van der Waals surface area contributed by atoms with Crippen LogP contribution in [0.15, 0.2) is 10.5 Å². The van der Waals surface area contributed by atoms with Gasteiger partial charge in [-0.3, -0.25) is 14.1 Å². The lowest BCUT2D eigenvalue weighted by Gasteiger charge is -2.51. The number of nitrogens with two attached hydrogens (primary N) is 1. The minimum atomic E-state index is -4.82. The Morgan fingerprint density at radius 1 is 1.58 bits per heavy atom. The molecule has 1 saturated heterocycles. The molecule has 0 radical (unpaired) electrons. The number of hydrogen-bond acceptors (Lipinski definition) is 11. The number of aromatic nitrogens is 1. The summed E-state index contributed by atoms with van der Waals surface area (Å²) in [5, 5.41) is 6.25. The van der Waals surface area contributed by atoms with Gasteiger partial charge in [0.2, 0.25) is 0 Å². The van der Waals surface area contributed by atoms with Crippen LogP contribution in [0.25, 0.3) is 0 Å². The Balaban J connectivity index is 2.35. The van der Waals surface area contributed by atoms with Crippen LogP contribution in [0.1, 0.15) is 5.69 Å². The number of nitrogens with one attached hydrogen (secondary N) is 1. The zero-order valence-electron chi connectivity index (χ0n) is 13.7. The maximum absolute atomic E-state index is 12.6. The highest BCUT2D eigenvalue weighted by atomic mass is 32.2. The van der Waals surface area contributed by atoms with Gasteiger partial charge in [0.05, 0.1) is 0 Å². The largest absolute Gasteiger partial charge is 0.398 e. The van der Waals surface area contributed by atoms with E-state index in [0.29, 0.717) is 0 Å². The lowest BCUT2D eigenvalue weighted by Crippen LogP contribution is -2.81. The van der Waals surface area contributed by atoms with Crippen molar-refractivity contribution in [1.29, 1.82) is 0 Å². The van der Waals surface area contributed by atoms with Crippen molar-refractivity contribution in [3.8, 4) is 0 Å². The second-order valence-corrected chi connectivity index (χ2v) is 7.85. The molecule has 12 nitrogen and oxygen atoms in total. The van der Waals surface area contributed by atoms with Gasteiger partial charge in [-0.2, -0.15) is 12.7 Å². The Labute approximate surface area is 156 Å². The number of oxime groups is 1. The van der Waals surface area contributed by atoms with E-state index in [9.17, 15) is 22.6 Å². The summed E-state index contributed by atoms with van der Waals surface area (Å²) in [6.07, 6.45) is 1.47. The van der Waals surface area contributed by atoms with E-state index in [4.69, 9.17) is 10.5 Å². The Bertz CT molecular complexity index is 854. The lowest BCUT2D eigenvalue weighted by atomic mass is 10.0. The molecule has 26 heavy (non-hydrogen) atoms. The van der Waals surface area contributed by atoms with Crippen LogP contribution in [0.2, 0.25) is 0 Å². The molecule has 1 aliphatic heterocycles. The van der Waals surface area contributed by atoms with Gasteiger partial charge >= 0.3 is 10.3 Å². The van der Waals surface area contributed by atoms with Gasteiger partial charge in [0.1, 0.15) is 12.8 Å². The van der Waals surface area contributed by atoms with Crippen LogP contribution in [-0.2, 0) is 29.5 Å². The number of anilines is 1. The molecule has 2 amide bonds. The predicted molar refractivity (Wildman–Crippen MR) is 93.7 cm³/mol. The van der Waals surface area contributed by atoms with Gasteiger partial charge in [0.15, 0.2) is 16.2 Å². The number of rotatable bonds is 7. The van der Waals surface area contributed by atoms with E-state index >= 15 is 0 Å². The molecule has 0 bridgehead atoms. The average molecular weight is 425 g/mol. The van der Waals surface area contributed by atoms with Crippen LogP contribution in [0, 0.1) is 0 Å². The first kappa shape index (κ1) is 20.4. The van der Waals surface area contributed by atoms with Gasteiger partial charge < -0.3 is 20.6 Å². The number of nitrogen functional groups attached to an aromatic ring is 1. The molecule has 0 aromatic carbocycles. The van der Waals surface area contributed by atoms with E-state index in [0.717, 1.165) is 30.2 Å². The third kappa shape index (κ3) is 3.35. The first-order valence-corrected chi connectivity index (χ1v) is 10.2. The van der Waals surface area contributed by atoms with Crippen LogP contribution < -0.4 is 11.1 Å². The lowest BCUT2D eigenvalue weighted by molar-refractivity contribution is -0.183. The maximum atomic E-state index is 12.6. The number of β-lactam (4-membered cyclic amide) rings is 1. The quantitative estimate of drug-likeness (QED) is 0.159. The SMILES string of the molecule is CO/N=C(\C(=O)N[C@@]1(OC)C(=O)N(S(=O)(=O)O)[C@@H]1SC)c1csc(N)n1. The summed E-state index contributed by atoms with van der Waals surface area (Å²) in [6.45, 7) is 0. The van der Waals surface area contributed by atoms with Crippen molar-refractivity contribution in [1.82, 2.24) is 14.6 Å². The average Bonchev–Trinajstić information content (AvgIpc) is 2.99. The Hall–Kier alpha value is -1.94. The third-order valence-electron chi connectivity index (χ3n) is 3.33. The van der Waals surface area contributed by atoms with Gasteiger partial charge in [0, 0.05) is 12.5 Å². The number of carbonyl (C=O) groups excluding carboxylic acids is 2. The fourth-order valence-corrected chi connectivity index (χ4v) is 4.98. The number of ether oxygens (including phenoxy) is 1. The Morgan fingerprint density at radius 3 is 2.65 bits per heavy atom. The van der Waals surface area contributed by atoms with Gasteiger partial charge in [0.25, 0.3) is 17.5 Å². The summed E-state index contributed by atoms with van der Waals surface area (Å²) in [5.74, 6) is -2.08. The summed E-state index contributed by atoms with van der Waals surface area (Å²) in [6, 6.07) is 0. The molecule has 0 saturated carbocycles. The molecule has 2 heterocycles. The molecule has 1 fully saturated rings. The van der Waals surface area contributed by atoms with Crippen LogP contribution in [0.5, 0.6) is 0 Å². The van der Waals surface area contributed by atoms with E-state index in [1.54, 1.807) is 0 Å². The van der Waals surface area contributed by atoms with Crippen molar-refractivity contribution in [2.75, 3.05) is 26.2 Å². The highest BCUT2D eigenvalue weighted by Gasteiger charge is 2.67. The smallest absolute Gasteiger partial charge is 0.363 e. The highest BCUT2D eigenvalue weighted by Crippen LogP contribution is 2.40. The predicted octanol–water partition coefficient (Wildman–Crippen LogP) is -1.13. The number of nitrogens with zero attached hydrogens (tertiary/aromatic N) is 3. The topological polar surface area (TPSA) is 174 Å². The maximum Gasteiger partial charge on any atom is 0.363 e. The summed E-state index contributed by atoms with van der Waals surface area (Å²) >= 11 is 1.93. The minimum absolute atomic E-state index is 0.0946. The molecule has 1 aromatic rings. The number of carbonyl (C=O) groups is 2. The molecule has 4 N–H and O–H groups in total. The zero-order valence-corrected chi connectivity index (χ0v) is 16.1. The van der Waals surface area contributed by atoms with E-state index in [2.05, 4.69) is 20.3 Å². The van der Waals surface area contributed by atoms with Crippen LogP contribution in [0.4, 0.5) is 5.13 Å². The van der Waals surface area contributed by atoms with Crippen molar-refractivity contribution in [3.63, 3.8) is 0 Å². The molecule has 0 spiro atoms. The van der Waals surface area contributed by atoms with Gasteiger partial charge in [-0.05, 0) is 6.26 Å². The molecule has 1 aliphatic rings. The molecular formula is C11H15N5O7S3. The standard InChI is InChI=1S/C11H15N5O7S3/c1-22-11(8(18)16(9(11)24-3)26(19,20)21)14-7(17)6(15-23-2)5-4-25-10(12)13-5/h4,9H,1-3H3,(H2,12,13)(H,14,17)(H,19,20,21)/b15-6-/t9-,11-/m1/s1. The van der Waals surface area contributed by atoms with Crippen LogP contribution in [-0.4, -0.2) is 71.4 Å². The summed E-state index contributed by atoms with van der Waals surface area (Å²) < 4.78 is 37.2. The van der Waals surface area contributed by atoms with E-state index < -0.39 is 33.2 Å². The molecular weight excluding hydrogens is 410 g/mol. The number of methoxy groups -OCH3 is 1. The fraction of sp³-hybridized carbons (Fsp3) is 0.455. The van der Waals surface area contributed by atoms with E-state index in [1.807, 2.05) is 0 Å². The van der Waals surface area contributed by atoms with E-state index in [1.165, 1.54) is 18.7 Å². The molecule has 15 heteroatoms. The van der Waals surface area contributed by atoms with Gasteiger partial charge in [-0.1, -0.05) is 5.16 Å². The first-order chi connectivity index (χ1) is 12.1. The van der Waals surface area contributed by atoms with Crippen molar-refractivity contribution in [2.45, 2.75) is 11.1 Å². The third-order valence-corrected chi connectivity index (χ3v) is 6.00. The monoisotopic (exact) mass is 425 g/mol. The molecule has 2 rings (SSSR count). The van der Waals surface area contributed by atoms with Crippen LogP contribution in [0.3, 0.4) is 0 Å². The summed E-state index contributed by atoms with van der Waals surface area (Å²) in [5.41, 5.74) is 3.30. The number of thioether (sulfide) groups is 1. The highest BCUT2D eigenvalue weighted by molar-refractivity contribution is 8.00. The van der Waals surface area contributed by atoms with E-state index in [-0.39, 0.29) is 20.8 Å². The Morgan fingerprint density at radius 2 is 2.23 bits per heavy atom. The van der Waals surface area contributed by atoms with Crippen molar-refractivity contribution in [3.05, 3.63) is 11.1 Å². The second-order valence-electron chi connectivity index (χ2n) is 4.75. The number of thiazole rings is 1. The molecule has 0 unspecified atom stereocenters. The first-order valence-electron chi connectivity index (χ1n) is 6.66. The molecule has 0 aliphatic carbocycles. The van der Waals surface area contributed by atoms with Crippen molar-refractivity contribution < 1.29 is 32.1 Å². The van der Waals surface area contributed by atoms with Crippen molar-refractivity contribution >= 4 is 56.1 Å². The van der Waals surface area contributed by atoms with Crippen molar-refractivity contribution in [2.24, 2.45) is 5.16 Å². The summed E-state index contributed by atoms with van der Waals surface area (Å²) in [7, 11) is -2.51. The molecule has 2 atom stereocenters. The molecule has 1 aromatic heterocycles. The molecule has 144 valence electrons. The summed E-state index contributed by atoms with van der Waals surface area (Å²) in [4.78, 5) is 33.4. The Kier molecular flexibility index (Phi) is 5.76. The second kappa shape index (κ2) is 7.36. The fourth-order valence-electron chi connectivity index (χ4n) is 2.24. The zero-order chi connectivity index (χ0) is 19.7. The van der Waals surface area contributed by atoms with Gasteiger partial charge in [-0.15, -0.1) is 23.1 Å². The number of hydrogen-bond donors (Lipinski definition) is 3. The minimum Gasteiger partial charge on any atom is -0.398 e. The van der Waals surface area contributed by atoms with Crippen LogP contribution >= 0.6 is 23.1 Å². The normalized spacial score (nSPS) is 23.5. The number of amides is 2. The van der Waals surface area contributed by atoms with Gasteiger partial charge in [-0.25, -0.2) is 4.98 Å².